The highest BCUT2D eigenvalue weighted by molar-refractivity contribution is 5.90. The maximum absolute atomic E-state index is 12.1. The first-order chi connectivity index (χ1) is 12.2. The van der Waals surface area contributed by atoms with Gasteiger partial charge in [0.1, 0.15) is 18.6 Å². The number of rotatable bonds is 6. The van der Waals surface area contributed by atoms with E-state index in [1.54, 1.807) is 6.20 Å². The zero-order chi connectivity index (χ0) is 17.5. The van der Waals surface area contributed by atoms with Gasteiger partial charge in [-0.2, -0.15) is 0 Å². The molecule has 3 aromatic rings. The predicted molar refractivity (Wildman–Crippen MR) is 95.6 cm³/mol. The normalized spacial score (nSPS) is 10.3. The van der Waals surface area contributed by atoms with Gasteiger partial charge in [0.25, 0.3) is 0 Å². The second-order valence-corrected chi connectivity index (χ2v) is 5.41. The molecule has 0 atom stereocenters. The van der Waals surface area contributed by atoms with Crippen LogP contribution in [0.5, 0.6) is 5.75 Å². The van der Waals surface area contributed by atoms with Crippen LogP contribution in [-0.4, -0.2) is 24.2 Å². The van der Waals surface area contributed by atoms with Crippen LogP contribution in [-0.2, 0) is 0 Å². The maximum Gasteiger partial charge on any atom is 0.319 e. The lowest BCUT2D eigenvalue weighted by atomic mass is 10.1. The first-order valence-electron chi connectivity index (χ1n) is 7.95. The highest BCUT2D eigenvalue weighted by Gasteiger charge is 2.08. The fourth-order valence-corrected chi connectivity index (χ4v) is 2.27. The number of benzene rings is 2. The quantitative estimate of drug-likeness (QED) is 0.670. The van der Waals surface area contributed by atoms with Crippen LogP contribution in [0.15, 0.2) is 65.4 Å². The van der Waals surface area contributed by atoms with E-state index >= 15 is 0 Å². The van der Waals surface area contributed by atoms with E-state index in [9.17, 15) is 4.79 Å². The average Bonchev–Trinajstić information content (AvgIpc) is 3.16. The van der Waals surface area contributed by atoms with Crippen molar-refractivity contribution in [1.29, 1.82) is 0 Å². The minimum atomic E-state index is -0.288. The third kappa shape index (κ3) is 4.60. The number of carbonyl (C=O) groups excluding carboxylic acids is 1. The fourth-order valence-electron chi connectivity index (χ4n) is 2.27. The number of ether oxygens (including phenoxy) is 1. The molecule has 1 heterocycles. The Balaban J connectivity index is 1.51. The molecule has 2 N–H and O–H groups in total. The largest absolute Gasteiger partial charge is 0.492 e. The van der Waals surface area contributed by atoms with E-state index in [4.69, 9.17) is 9.15 Å². The fraction of sp³-hybridized carbons (Fsp3) is 0.158. The summed E-state index contributed by atoms with van der Waals surface area (Å²) in [5, 5.41) is 5.60. The topological polar surface area (TPSA) is 76.4 Å². The lowest BCUT2D eigenvalue weighted by molar-refractivity contribution is 0.247. The van der Waals surface area contributed by atoms with Crippen molar-refractivity contribution in [3.63, 3.8) is 0 Å². The molecule has 0 aliphatic heterocycles. The van der Waals surface area contributed by atoms with Crippen LogP contribution in [0.1, 0.15) is 5.56 Å². The minimum absolute atomic E-state index is 0.288. The van der Waals surface area contributed by atoms with Crippen molar-refractivity contribution in [2.24, 2.45) is 0 Å². The summed E-state index contributed by atoms with van der Waals surface area (Å²) >= 11 is 0. The van der Waals surface area contributed by atoms with E-state index in [-0.39, 0.29) is 6.03 Å². The van der Waals surface area contributed by atoms with Crippen molar-refractivity contribution >= 4 is 11.7 Å². The molecule has 0 bridgehead atoms. The molecular formula is C19H19N3O3. The van der Waals surface area contributed by atoms with Gasteiger partial charge in [-0.15, -0.1) is 0 Å². The summed E-state index contributed by atoms with van der Waals surface area (Å²) in [6.07, 6.45) is 3.10. The van der Waals surface area contributed by atoms with Crippen molar-refractivity contribution in [1.82, 2.24) is 10.3 Å². The van der Waals surface area contributed by atoms with Crippen molar-refractivity contribution in [2.45, 2.75) is 6.92 Å². The van der Waals surface area contributed by atoms with E-state index in [1.807, 2.05) is 55.5 Å². The molecule has 1 aromatic heterocycles. The van der Waals surface area contributed by atoms with Crippen LogP contribution < -0.4 is 15.4 Å². The molecule has 0 unspecified atom stereocenters. The molecule has 3 rings (SSSR count). The number of hydrogen-bond donors (Lipinski definition) is 2. The summed E-state index contributed by atoms with van der Waals surface area (Å²) in [7, 11) is 0. The van der Waals surface area contributed by atoms with Gasteiger partial charge >= 0.3 is 6.03 Å². The first kappa shape index (κ1) is 16.6. The Labute approximate surface area is 145 Å². The molecule has 128 valence electrons. The Hall–Kier alpha value is -3.28. The van der Waals surface area contributed by atoms with E-state index in [1.165, 1.54) is 6.26 Å². The maximum atomic E-state index is 12.1. The summed E-state index contributed by atoms with van der Waals surface area (Å²) < 4.78 is 10.8. The third-order valence-corrected chi connectivity index (χ3v) is 3.56. The van der Waals surface area contributed by atoms with Crippen LogP contribution >= 0.6 is 0 Å². The van der Waals surface area contributed by atoms with Gasteiger partial charge in [0.15, 0.2) is 0 Å². The first-order valence-corrected chi connectivity index (χ1v) is 7.95. The predicted octanol–water partition coefficient (Wildman–Crippen LogP) is 3.85. The van der Waals surface area contributed by atoms with Gasteiger partial charge in [-0.05, 0) is 36.8 Å². The molecule has 2 aromatic carbocycles. The molecule has 0 fully saturated rings. The molecular weight excluding hydrogens is 318 g/mol. The van der Waals surface area contributed by atoms with E-state index in [0.717, 1.165) is 16.9 Å². The van der Waals surface area contributed by atoms with E-state index in [2.05, 4.69) is 15.6 Å². The summed E-state index contributed by atoms with van der Waals surface area (Å²) in [5.41, 5.74) is 2.46. The van der Waals surface area contributed by atoms with E-state index in [0.29, 0.717) is 24.7 Å². The van der Waals surface area contributed by atoms with Crippen LogP contribution in [0, 0.1) is 6.92 Å². The number of aromatic nitrogens is 1. The Bertz CT molecular complexity index is 817. The van der Waals surface area contributed by atoms with Crippen LogP contribution in [0.4, 0.5) is 10.5 Å². The number of oxazole rings is 1. The van der Waals surface area contributed by atoms with Gasteiger partial charge in [-0.3, -0.25) is 0 Å². The van der Waals surface area contributed by atoms with Crippen LogP contribution in [0.25, 0.3) is 11.5 Å². The Kier molecular flexibility index (Phi) is 5.31. The highest BCUT2D eigenvalue weighted by Crippen LogP contribution is 2.24. The lowest BCUT2D eigenvalue weighted by Gasteiger charge is -2.11. The number of urea groups is 1. The monoisotopic (exact) mass is 337 g/mol. The molecule has 25 heavy (non-hydrogen) atoms. The zero-order valence-electron chi connectivity index (χ0n) is 13.9. The number of anilines is 1. The highest BCUT2D eigenvalue weighted by atomic mass is 16.5. The minimum Gasteiger partial charge on any atom is -0.492 e. The summed E-state index contributed by atoms with van der Waals surface area (Å²) in [5.74, 6) is 1.29. The number of nitrogens with zero attached hydrogens (tertiary/aromatic N) is 1. The second-order valence-electron chi connectivity index (χ2n) is 5.41. The van der Waals surface area contributed by atoms with Gasteiger partial charge < -0.3 is 19.8 Å². The van der Waals surface area contributed by atoms with Gasteiger partial charge in [0, 0.05) is 11.3 Å². The Morgan fingerprint density at radius 2 is 2.04 bits per heavy atom. The van der Waals surface area contributed by atoms with Crippen LogP contribution in [0.2, 0.25) is 0 Å². The standard InChI is InChI=1S/C19H19N3O3/c1-14-7-8-15(18-20-9-12-25-18)13-17(14)22-19(23)21-10-11-24-16-5-3-2-4-6-16/h2-9,12-13H,10-11H2,1H3,(H2,21,22,23). The van der Waals surface area contributed by atoms with Crippen molar-refractivity contribution in [3.05, 3.63) is 66.6 Å². The second kappa shape index (κ2) is 8.01. The van der Waals surface area contributed by atoms with Crippen molar-refractivity contribution in [2.75, 3.05) is 18.5 Å². The van der Waals surface area contributed by atoms with Gasteiger partial charge in [0.05, 0.1) is 12.7 Å². The molecule has 0 spiro atoms. The lowest BCUT2D eigenvalue weighted by Crippen LogP contribution is -2.32. The molecule has 0 aliphatic rings. The van der Waals surface area contributed by atoms with E-state index < -0.39 is 0 Å². The zero-order valence-corrected chi connectivity index (χ0v) is 13.9. The third-order valence-electron chi connectivity index (χ3n) is 3.56. The smallest absolute Gasteiger partial charge is 0.319 e. The molecule has 6 heteroatoms. The summed E-state index contributed by atoms with van der Waals surface area (Å²) in [6.45, 7) is 2.72. The van der Waals surface area contributed by atoms with Gasteiger partial charge in [-0.25, -0.2) is 9.78 Å². The van der Waals surface area contributed by atoms with Crippen molar-refractivity contribution < 1.29 is 13.9 Å². The number of amides is 2. The van der Waals surface area contributed by atoms with Crippen molar-refractivity contribution in [3.8, 4) is 17.2 Å². The molecule has 2 amide bonds. The number of nitrogens with one attached hydrogen (secondary N) is 2. The Morgan fingerprint density at radius 3 is 2.80 bits per heavy atom. The van der Waals surface area contributed by atoms with Gasteiger partial charge in [-0.1, -0.05) is 24.3 Å². The number of carbonyl (C=O) groups is 1. The molecule has 0 radical (unpaired) electrons. The SMILES string of the molecule is Cc1ccc(-c2ncco2)cc1NC(=O)NCCOc1ccccc1. The molecule has 0 aliphatic carbocycles. The summed E-state index contributed by atoms with van der Waals surface area (Å²) in [6, 6.07) is 14.8. The number of aryl methyl sites for hydroxylation is 1. The average molecular weight is 337 g/mol. The Morgan fingerprint density at radius 1 is 1.20 bits per heavy atom. The molecule has 0 saturated heterocycles. The van der Waals surface area contributed by atoms with Gasteiger partial charge in [0.2, 0.25) is 5.89 Å². The number of para-hydroxylation sites is 1. The molecule has 6 nitrogen and oxygen atoms in total. The summed E-state index contributed by atoms with van der Waals surface area (Å²) in [4.78, 5) is 16.2. The van der Waals surface area contributed by atoms with Crippen LogP contribution in [0.3, 0.4) is 0 Å². The number of hydrogen-bond acceptors (Lipinski definition) is 4. The molecule has 0 saturated carbocycles.